The van der Waals surface area contributed by atoms with Gasteiger partial charge in [0, 0.05) is 0 Å². The number of nitriles is 1. The van der Waals surface area contributed by atoms with Crippen molar-refractivity contribution >= 4 is 23.6 Å². The highest BCUT2D eigenvalue weighted by Crippen LogP contribution is 2.24. The molecule has 0 atom stereocenters. The fourth-order valence-corrected chi connectivity index (χ4v) is 3.04. The number of para-hydroxylation sites is 2. The number of esters is 1. The predicted molar refractivity (Wildman–Crippen MR) is 128 cm³/mol. The number of carbonyl (C=O) groups is 2. The average Bonchev–Trinajstić information content (AvgIpc) is 2.87. The van der Waals surface area contributed by atoms with Gasteiger partial charge in [-0.25, -0.2) is 4.79 Å². The third kappa shape index (κ3) is 6.47. The van der Waals surface area contributed by atoms with Crippen LogP contribution >= 0.6 is 0 Å². The van der Waals surface area contributed by atoms with Gasteiger partial charge < -0.3 is 19.5 Å². The molecule has 7 heteroatoms. The SMILES string of the molecule is CCOc1ccccc1NC(=O)/C(C#N)=C/c1ccc(OCc2ccc(C(=O)OC)cc2)cc1. The Morgan fingerprint density at radius 1 is 0.971 bits per heavy atom. The molecule has 0 heterocycles. The number of nitrogens with one attached hydrogen (secondary N) is 1. The summed E-state index contributed by atoms with van der Waals surface area (Å²) < 4.78 is 16.0. The monoisotopic (exact) mass is 456 g/mol. The topological polar surface area (TPSA) is 97.6 Å². The molecular formula is C27H24N2O5. The van der Waals surface area contributed by atoms with Gasteiger partial charge in [-0.1, -0.05) is 36.4 Å². The van der Waals surface area contributed by atoms with E-state index in [1.54, 1.807) is 66.7 Å². The third-order valence-electron chi connectivity index (χ3n) is 4.77. The maximum absolute atomic E-state index is 12.6. The van der Waals surface area contributed by atoms with Crippen molar-refractivity contribution in [1.82, 2.24) is 0 Å². The molecule has 1 N–H and O–H groups in total. The first-order chi connectivity index (χ1) is 16.5. The molecule has 3 aromatic carbocycles. The van der Waals surface area contributed by atoms with Crippen LogP contribution in [0.5, 0.6) is 11.5 Å². The lowest BCUT2D eigenvalue weighted by Gasteiger charge is -2.11. The molecule has 3 aromatic rings. The van der Waals surface area contributed by atoms with Gasteiger partial charge in [0.1, 0.15) is 29.7 Å². The molecule has 0 saturated carbocycles. The van der Waals surface area contributed by atoms with Crippen LogP contribution in [0.3, 0.4) is 0 Å². The molecule has 0 aromatic heterocycles. The minimum atomic E-state index is -0.523. The lowest BCUT2D eigenvalue weighted by molar-refractivity contribution is -0.112. The van der Waals surface area contributed by atoms with Gasteiger partial charge in [-0.15, -0.1) is 0 Å². The van der Waals surface area contributed by atoms with Crippen molar-refractivity contribution in [2.75, 3.05) is 19.0 Å². The molecular weight excluding hydrogens is 432 g/mol. The summed E-state index contributed by atoms with van der Waals surface area (Å²) in [5.41, 5.74) is 2.51. The summed E-state index contributed by atoms with van der Waals surface area (Å²) in [5, 5.41) is 12.2. The zero-order valence-corrected chi connectivity index (χ0v) is 18.9. The largest absolute Gasteiger partial charge is 0.492 e. The van der Waals surface area contributed by atoms with Crippen molar-refractivity contribution in [2.45, 2.75) is 13.5 Å². The van der Waals surface area contributed by atoms with Crippen molar-refractivity contribution in [3.05, 3.63) is 95.1 Å². The van der Waals surface area contributed by atoms with Crippen LogP contribution in [0.15, 0.2) is 78.4 Å². The second-order valence-corrected chi connectivity index (χ2v) is 7.10. The number of ether oxygens (including phenoxy) is 3. The number of anilines is 1. The minimum absolute atomic E-state index is 0.0364. The smallest absolute Gasteiger partial charge is 0.337 e. The molecule has 0 bridgehead atoms. The van der Waals surface area contributed by atoms with E-state index in [0.717, 1.165) is 5.56 Å². The molecule has 0 radical (unpaired) electrons. The third-order valence-corrected chi connectivity index (χ3v) is 4.77. The van der Waals surface area contributed by atoms with Crippen LogP contribution < -0.4 is 14.8 Å². The van der Waals surface area contributed by atoms with E-state index in [0.29, 0.717) is 41.5 Å². The summed E-state index contributed by atoms with van der Waals surface area (Å²) in [6.07, 6.45) is 1.51. The summed E-state index contributed by atoms with van der Waals surface area (Å²) in [5.74, 6) is 0.255. The van der Waals surface area contributed by atoms with Crippen molar-refractivity contribution in [2.24, 2.45) is 0 Å². The van der Waals surface area contributed by atoms with Crippen LogP contribution in [0.25, 0.3) is 6.08 Å². The van der Waals surface area contributed by atoms with Crippen molar-refractivity contribution in [3.8, 4) is 17.6 Å². The number of nitrogens with zero attached hydrogens (tertiary/aromatic N) is 1. The maximum atomic E-state index is 12.6. The molecule has 0 unspecified atom stereocenters. The van der Waals surface area contributed by atoms with Gasteiger partial charge in [0.2, 0.25) is 0 Å². The van der Waals surface area contributed by atoms with E-state index in [9.17, 15) is 14.9 Å². The molecule has 1 amide bonds. The standard InChI is InChI=1S/C27H24N2O5/c1-3-33-25-7-5-4-6-24(25)29-26(30)22(17-28)16-19-10-14-23(15-11-19)34-18-20-8-12-21(13-9-20)27(31)32-2/h4-16H,3,18H2,1-2H3,(H,29,30)/b22-16+. The quantitative estimate of drug-likeness (QED) is 0.277. The summed E-state index contributed by atoms with van der Waals surface area (Å²) in [4.78, 5) is 24.1. The van der Waals surface area contributed by atoms with Gasteiger partial charge in [0.05, 0.1) is 25.0 Å². The number of methoxy groups -OCH3 is 1. The summed E-state index contributed by atoms with van der Waals surface area (Å²) >= 11 is 0. The Hall–Kier alpha value is -4.57. The molecule has 0 aliphatic heterocycles. The first-order valence-corrected chi connectivity index (χ1v) is 10.6. The van der Waals surface area contributed by atoms with Crippen LogP contribution in [-0.2, 0) is 16.1 Å². The summed E-state index contributed by atoms with van der Waals surface area (Å²) in [7, 11) is 1.34. The average molecular weight is 456 g/mol. The Labute approximate surface area is 198 Å². The highest BCUT2D eigenvalue weighted by atomic mass is 16.5. The number of benzene rings is 3. The fraction of sp³-hybridized carbons (Fsp3) is 0.148. The molecule has 0 spiro atoms. The summed E-state index contributed by atoms with van der Waals surface area (Å²) in [6, 6.07) is 23.0. The molecule has 0 fully saturated rings. The van der Waals surface area contributed by atoms with E-state index < -0.39 is 5.91 Å². The Bertz CT molecular complexity index is 1210. The van der Waals surface area contributed by atoms with Crippen molar-refractivity contribution < 1.29 is 23.8 Å². The molecule has 0 saturated heterocycles. The zero-order valence-electron chi connectivity index (χ0n) is 18.9. The number of amides is 1. The molecule has 172 valence electrons. The van der Waals surface area contributed by atoms with Crippen LogP contribution in [-0.4, -0.2) is 25.6 Å². The molecule has 0 aliphatic rings. The lowest BCUT2D eigenvalue weighted by atomic mass is 10.1. The van der Waals surface area contributed by atoms with Gasteiger partial charge in [-0.05, 0) is 60.5 Å². The number of hydrogen-bond acceptors (Lipinski definition) is 6. The molecule has 34 heavy (non-hydrogen) atoms. The number of hydrogen-bond donors (Lipinski definition) is 1. The Morgan fingerprint density at radius 2 is 1.68 bits per heavy atom. The lowest BCUT2D eigenvalue weighted by Crippen LogP contribution is -2.14. The van der Waals surface area contributed by atoms with E-state index in [1.807, 2.05) is 19.1 Å². The Morgan fingerprint density at radius 3 is 2.32 bits per heavy atom. The molecule has 0 aliphatic carbocycles. The Balaban J connectivity index is 1.62. The first-order valence-electron chi connectivity index (χ1n) is 10.6. The molecule has 7 nitrogen and oxygen atoms in total. The van der Waals surface area contributed by atoms with Crippen LogP contribution in [0.1, 0.15) is 28.4 Å². The van der Waals surface area contributed by atoms with Gasteiger partial charge >= 0.3 is 5.97 Å². The highest BCUT2D eigenvalue weighted by Gasteiger charge is 2.12. The second kappa shape index (κ2) is 11.9. The highest BCUT2D eigenvalue weighted by molar-refractivity contribution is 6.10. The van der Waals surface area contributed by atoms with Crippen molar-refractivity contribution in [1.29, 1.82) is 5.26 Å². The van der Waals surface area contributed by atoms with Gasteiger partial charge in [0.15, 0.2) is 0 Å². The van der Waals surface area contributed by atoms with Crippen LogP contribution in [0.4, 0.5) is 5.69 Å². The number of carbonyl (C=O) groups excluding carboxylic acids is 2. The van der Waals surface area contributed by atoms with E-state index >= 15 is 0 Å². The van der Waals surface area contributed by atoms with Gasteiger partial charge in [-0.3, -0.25) is 4.79 Å². The van der Waals surface area contributed by atoms with E-state index in [4.69, 9.17) is 9.47 Å². The minimum Gasteiger partial charge on any atom is -0.492 e. The normalized spacial score (nSPS) is 10.7. The fourth-order valence-electron chi connectivity index (χ4n) is 3.04. The zero-order chi connectivity index (χ0) is 24.3. The van der Waals surface area contributed by atoms with Gasteiger partial charge in [-0.2, -0.15) is 5.26 Å². The number of rotatable bonds is 9. The van der Waals surface area contributed by atoms with Crippen molar-refractivity contribution in [3.63, 3.8) is 0 Å². The van der Waals surface area contributed by atoms with E-state index in [-0.39, 0.29) is 11.5 Å². The second-order valence-electron chi connectivity index (χ2n) is 7.10. The van der Waals surface area contributed by atoms with Crippen LogP contribution in [0, 0.1) is 11.3 Å². The Kier molecular flexibility index (Phi) is 8.42. The first kappa shape index (κ1) is 24.1. The van der Waals surface area contributed by atoms with Crippen LogP contribution in [0.2, 0.25) is 0 Å². The summed E-state index contributed by atoms with van der Waals surface area (Å²) in [6.45, 7) is 2.64. The van der Waals surface area contributed by atoms with Gasteiger partial charge in [0.25, 0.3) is 5.91 Å². The van der Waals surface area contributed by atoms with E-state index in [1.165, 1.54) is 13.2 Å². The maximum Gasteiger partial charge on any atom is 0.337 e. The molecule has 3 rings (SSSR count). The van der Waals surface area contributed by atoms with E-state index in [2.05, 4.69) is 10.1 Å². The predicted octanol–water partition coefficient (Wildman–Crippen LogP) is 5.00.